The van der Waals surface area contributed by atoms with E-state index in [1.807, 2.05) is 19.1 Å². The van der Waals surface area contributed by atoms with Crippen LogP contribution < -0.4 is 4.90 Å². The van der Waals surface area contributed by atoms with Gasteiger partial charge in [0.2, 0.25) is 0 Å². The van der Waals surface area contributed by atoms with E-state index in [4.69, 9.17) is 42.2 Å². The molecule has 2 aromatic carbocycles. The van der Waals surface area contributed by atoms with E-state index in [1.165, 1.54) is 7.11 Å². The van der Waals surface area contributed by atoms with E-state index in [0.29, 0.717) is 57.6 Å². The Hall–Kier alpha value is -2.41. The number of esters is 2. The number of aryl methyl sites for hydroxylation is 1. The average Bonchev–Trinajstić information content (AvgIpc) is 3.56. The molecule has 0 bridgehead atoms. The first-order chi connectivity index (χ1) is 19.8. The molecule has 8 nitrogen and oxygen atoms in total. The summed E-state index contributed by atoms with van der Waals surface area (Å²) in [7, 11) is 1.38. The Morgan fingerprint density at radius 2 is 1.93 bits per heavy atom. The van der Waals surface area contributed by atoms with Crippen molar-refractivity contribution in [1.82, 2.24) is 10.1 Å². The van der Waals surface area contributed by atoms with E-state index in [1.54, 1.807) is 29.5 Å². The normalized spacial score (nSPS) is 19.0. The van der Waals surface area contributed by atoms with Crippen LogP contribution >= 0.6 is 57.1 Å². The van der Waals surface area contributed by atoms with Gasteiger partial charge in [-0.05, 0) is 49.6 Å². The maximum Gasteiger partial charge on any atom is 0.344 e. The minimum absolute atomic E-state index is 0.117. The highest BCUT2D eigenvalue weighted by Crippen LogP contribution is 2.46. The number of rotatable bonds is 7. The molecule has 0 amide bonds. The van der Waals surface area contributed by atoms with E-state index in [-0.39, 0.29) is 24.0 Å². The van der Waals surface area contributed by atoms with Crippen LogP contribution in [0, 0.1) is 6.92 Å². The smallest absolute Gasteiger partial charge is 0.344 e. The minimum atomic E-state index is -0.462. The summed E-state index contributed by atoms with van der Waals surface area (Å²) in [5.74, 6) is -0.141. The van der Waals surface area contributed by atoms with Gasteiger partial charge in [0, 0.05) is 41.3 Å². The summed E-state index contributed by atoms with van der Waals surface area (Å²) in [5.41, 5.74) is 3.44. The van der Waals surface area contributed by atoms with E-state index >= 15 is 0 Å². The predicted molar refractivity (Wildman–Crippen MR) is 168 cm³/mol. The molecule has 2 aliphatic rings. The molecule has 4 aromatic rings. The molecular weight excluding hydrogens is 700 g/mol. The summed E-state index contributed by atoms with van der Waals surface area (Å²) in [5, 5.41) is 5.91. The maximum absolute atomic E-state index is 13.7. The highest BCUT2D eigenvalue weighted by atomic mass is 127. The van der Waals surface area contributed by atoms with Crippen LogP contribution in [0.15, 0.2) is 34.9 Å². The summed E-state index contributed by atoms with van der Waals surface area (Å²) in [6.45, 7) is 2.63. The molecule has 0 radical (unpaired) electrons. The number of benzene rings is 2. The largest absolute Gasteiger partial charge is 0.465 e. The maximum atomic E-state index is 13.7. The fourth-order valence-electron chi connectivity index (χ4n) is 5.29. The first-order valence-corrected chi connectivity index (χ1v) is 16.4. The summed E-state index contributed by atoms with van der Waals surface area (Å²) < 4.78 is 18.5. The highest BCUT2D eigenvalue weighted by molar-refractivity contribution is 14.1. The number of fused-ring (bicyclic) bond motifs is 1. The summed E-state index contributed by atoms with van der Waals surface area (Å²) >= 11 is 16.9. The molecular formula is C29H26Cl2IN3O5S. The molecule has 1 aliphatic carbocycles. The molecule has 6 rings (SSSR count). The van der Waals surface area contributed by atoms with Gasteiger partial charge < -0.3 is 18.9 Å². The number of ether oxygens (including phenoxy) is 2. The first kappa shape index (κ1) is 28.7. The Morgan fingerprint density at radius 3 is 2.61 bits per heavy atom. The van der Waals surface area contributed by atoms with E-state index in [0.717, 1.165) is 38.2 Å². The average molecular weight is 726 g/mol. The Labute approximate surface area is 264 Å². The first-order valence-electron chi connectivity index (χ1n) is 13.3. The number of methoxy groups -OCH3 is 1. The van der Waals surface area contributed by atoms with Gasteiger partial charge in [0.1, 0.15) is 17.4 Å². The van der Waals surface area contributed by atoms with Crippen LogP contribution in [0.25, 0.3) is 21.5 Å². The second kappa shape index (κ2) is 11.7. The number of halogens is 3. The van der Waals surface area contributed by atoms with Gasteiger partial charge in [-0.25, -0.2) is 14.6 Å². The van der Waals surface area contributed by atoms with Gasteiger partial charge in [0.05, 0.1) is 32.9 Å². The van der Waals surface area contributed by atoms with Crippen LogP contribution in [0.4, 0.5) is 5.13 Å². The lowest BCUT2D eigenvalue weighted by Crippen LogP contribution is -2.46. The third-order valence-corrected chi connectivity index (χ3v) is 10.2. The van der Waals surface area contributed by atoms with Crippen LogP contribution in [-0.4, -0.2) is 52.3 Å². The van der Waals surface area contributed by atoms with Crippen molar-refractivity contribution in [3.05, 3.63) is 62.8 Å². The van der Waals surface area contributed by atoms with Gasteiger partial charge in [-0.1, -0.05) is 68.4 Å². The summed E-state index contributed by atoms with van der Waals surface area (Å²) in [6, 6.07) is 8.93. The third kappa shape index (κ3) is 5.55. The Bertz CT molecular complexity index is 1630. The van der Waals surface area contributed by atoms with Gasteiger partial charge in [-0.15, -0.1) is 0 Å². The van der Waals surface area contributed by atoms with Crippen molar-refractivity contribution in [2.24, 2.45) is 0 Å². The molecule has 214 valence electrons. The molecule has 12 heteroatoms. The number of nitrogens with zero attached hydrogens (tertiary/aromatic N) is 3. The number of aromatic nitrogens is 2. The standard InChI is InChI=1S/C29H26Cl2IN3O5S/c1-14-10-16(27(36)38-2)11-21-24(14)33-29(41-21)35-9-8-18(12-17(35)13-32)39-28(37)23-25(34-40-26(23)15-6-7-15)22-19(30)4-3-5-20(22)31/h3-5,10-11,15,17-18H,6-9,12-13H2,1-2H3/t17-,18+/m0/s1. The van der Waals surface area contributed by atoms with Gasteiger partial charge in [0.15, 0.2) is 10.9 Å². The fraction of sp³-hybridized carbons (Fsp3) is 0.379. The van der Waals surface area contributed by atoms with Crippen molar-refractivity contribution in [3.8, 4) is 11.3 Å². The molecule has 1 saturated carbocycles. The zero-order valence-electron chi connectivity index (χ0n) is 22.3. The van der Waals surface area contributed by atoms with Crippen molar-refractivity contribution in [1.29, 1.82) is 0 Å². The molecule has 2 aromatic heterocycles. The van der Waals surface area contributed by atoms with Crippen LogP contribution in [0.3, 0.4) is 0 Å². The monoisotopic (exact) mass is 725 g/mol. The number of carbonyl (C=O) groups excluding carboxylic acids is 2. The molecule has 1 saturated heterocycles. The molecule has 2 fully saturated rings. The second-order valence-electron chi connectivity index (χ2n) is 10.3. The second-order valence-corrected chi connectivity index (χ2v) is 13.0. The lowest BCUT2D eigenvalue weighted by Gasteiger charge is -2.38. The number of anilines is 1. The number of alkyl halides is 1. The van der Waals surface area contributed by atoms with Crippen molar-refractivity contribution in [3.63, 3.8) is 0 Å². The lowest BCUT2D eigenvalue weighted by atomic mass is 10.0. The summed E-state index contributed by atoms with van der Waals surface area (Å²) in [6.07, 6.45) is 2.89. The highest BCUT2D eigenvalue weighted by Gasteiger charge is 2.39. The molecule has 0 spiro atoms. The van der Waals surface area contributed by atoms with Crippen molar-refractivity contribution >= 4 is 84.4 Å². The van der Waals surface area contributed by atoms with Gasteiger partial charge in [0.25, 0.3) is 0 Å². The molecule has 1 aliphatic heterocycles. The van der Waals surface area contributed by atoms with Crippen molar-refractivity contribution in [2.45, 2.75) is 50.7 Å². The Kier molecular flexibility index (Phi) is 8.19. The van der Waals surface area contributed by atoms with Crippen LogP contribution in [-0.2, 0) is 9.47 Å². The molecule has 0 N–H and O–H groups in total. The number of hydrogen-bond donors (Lipinski definition) is 0. The predicted octanol–water partition coefficient (Wildman–Crippen LogP) is 7.86. The number of hydrogen-bond acceptors (Lipinski definition) is 9. The molecule has 3 heterocycles. The third-order valence-electron chi connectivity index (χ3n) is 7.53. The zero-order valence-corrected chi connectivity index (χ0v) is 26.8. The lowest BCUT2D eigenvalue weighted by molar-refractivity contribution is 0.0216. The van der Waals surface area contributed by atoms with Crippen molar-refractivity contribution < 1.29 is 23.6 Å². The topological polar surface area (TPSA) is 94.8 Å². The molecule has 0 unspecified atom stereocenters. The summed E-state index contributed by atoms with van der Waals surface area (Å²) in [4.78, 5) is 33.0. The number of thiazole rings is 1. The Morgan fingerprint density at radius 1 is 1.17 bits per heavy atom. The van der Waals surface area contributed by atoms with Gasteiger partial charge >= 0.3 is 11.9 Å². The van der Waals surface area contributed by atoms with E-state index in [2.05, 4.69) is 32.6 Å². The van der Waals surface area contributed by atoms with Crippen LogP contribution in [0.5, 0.6) is 0 Å². The van der Waals surface area contributed by atoms with Gasteiger partial charge in [-0.3, -0.25) is 0 Å². The van der Waals surface area contributed by atoms with E-state index in [9.17, 15) is 9.59 Å². The van der Waals surface area contributed by atoms with E-state index < -0.39 is 5.97 Å². The van der Waals surface area contributed by atoms with Crippen LogP contribution in [0.1, 0.15) is 63.6 Å². The van der Waals surface area contributed by atoms with Gasteiger partial charge in [-0.2, -0.15) is 0 Å². The van der Waals surface area contributed by atoms with Crippen LogP contribution in [0.2, 0.25) is 10.0 Å². The Balaban J connectivity index is 1.23. The zero-order chi connectivity index (χ0) is 28.8. The van der Waals surface area contributed by atoms with Crippen molar-refractivity contribution in [2.75, 3.05) is 23.0 Å². The molecule has 2 atom stereocenters. The SMILES string of the molecule is COC(=O)c1cc(C)c2nc(N3CC[C@@H](OC(=O)c4c(-c5c(Cl)cccc5Cl)noc4C4CC4)C[C@H]3CI)sc2c1. The number of carbonyl (C=O) groups is 2. The molecule has 41 heavy (non-hydrogen) atoms. The quantitative estimate of drug-likeness (QED) is 0.108. The fourth-order valence-corrected chi connectivity index (χ4v) is 7.88. The number of piperidine rings is 1. The minimum Gasteiger partial charge on any atom is -0.465 e.